The summed E-state index contributed by atoms with van der Waals surface area (Å²) in [6.45, 7) is 6.90. The predicted molar refractivity (Wildman–Crippen MR) is 116 cm³/mol. The number of rotatable bonds is 1. The van der Waals surface area contributed by atoms with Crippen LogP contribution in [-0.2, 0) is 14.3 Å². The highest BCUT2D eigenvalue weighted by atomic mass is 35.6. The van der Waals surface area contributed by atoms with E-state index in [9.17, 15) is 15.0 Å². The Morgan fingerprint density at radius 2 is 1.73 bits per heavy atom. The number of aliphatic hydroxyl groups is 2. The molecule has 30 heavy (non-hydrogen) atoms. The van der Waals surface area contributed by atoms with Crippen molar-refractivity contribution in [3.8, 4) is 0 Å². The minimum atomic E-state index is -1.34. The Labute approximate surface area is 193 Å². The number of nitrogens with zero attached hydrogens (tertiary/aromatic N) is 1. The zero-order valence-corrected chi connectivity index (χ0v) is 20.2. The van der Waals surface area contributed by atoms with E-state index in [2.05, 4.69) is 5.32 Å². The molecule has 3 saturated heterocycles. The molecule has 1 amide bonds. The lowest BCUT2D eigenvalue weighted by Gasteiger charge is -2.68. The van der Waals surface area contributed by atoms with Gasteiger partial charge < -0.3 is 29.9 Å². The van der Waals surface area contributed by atoms with Crippen LogP contribution in [-0.4, -0.2) is 80.7 Å². The Morgan fingerprint density at radius 3 is 2.27 bits per heavy atom. The molecule has 3 aliphatic heterocycles. The average molecular weight is 488 g/mol. The monoisotopic (exact) mass is 486 g/mol. The van der Waals surface area contributed by atoms with Crippen molar-refractivity contribution in [1.82, 2.24) is 10.2 Å². The van der Waals surface area contributed by atoms with Crippen molar-refractivity contribution < 1.29 is 24.5 Å². The van der Waals surface area contributed by atoms with Crippen molar-refractivity contribution in [2.45, 2.75) is 92.3 Å². The molecule has 0 aromatic carbocycles. The lowest BCUT2D eigenvalue weighted by Crippen LogP contribution is -2.85. The number of ether oxygens (including phenoxy) is 2. The number of likely N-dealkylation sites (N-methyl/N-ethyl adjacent to an activating group) is 1. The first kappa shape index (κ1) is 24.8. The fourth-order valence-electron chi connectivity index (χ4n) is 6.33. The minimum Gasteiger partial charge on any atom is -0.393 e. The van der Waals surface area contributed by atoms with Crippen molar-refractivity contribution >= 4 is 40.7 Å². The van der Waals surface area contributed by atoms with Gasteiger partial charge in [0.05, 0.1) is 19.3 Å². The van der Waals surface area contributed by atoms with Gasteiger partial charge in [-0.05, 0) is 39.7 Å². The number of halogens is 3. The van der Waals surface area contributed by atoms with Gasteiger partial charge in [-0.3, -0.25) is 4.79 Å². The van der Waals surface area contributed by atoms with Gasteiger partial charge in [0.15, 0.2) is 10.1 Å². The van der Waals surface area contributed by atoms with Crippen LogP contribution in [0, 0.1) is 5.41 Å². The molecule has 0 aromatic rings. The van der Waals surface area contributed by atoms with Crippen molar-refractivity contribution in [3.05, 3.63) is 0 Å². The molecule has 4 aliphatic rings. The fraction of sp³-hybridized carbons (Fsp3) is 0.950. The van der Waals surface area contributed by atoms with E-state index in [0.717, 1.165) is 0 Å². The molecule has 0 bridgehead atoms. The summed E-state index contributed by atoms with van der Waals surface area (Å²) in [5.74, 6) is -0.928. The molecule has 1 saturated carbocycles. The molecule has 0 unspecified atom stereocenters. The van der Waals surface area contributed by atoms with Crippen LogP contribution >= 0.6 is 34.8 Å². The van der Waals surface area contributed by atoms with Gasteiger partial charge in [0.2, 0.25) is 5.91 Å². The Balaban J connectivity index is 0.000000589. The maximum absolute atomic E-state index is 13.7. The van der Waals surface area contributed by atoms with Crippen LogP contribution in [0.25, 0.3) is 0 Å². The van der Waals surface area contributed by atoms with Gasteiger partial charge in [0, 0.05) is 23.9 Å². The van der Waals surface area contributed by atoms with Crippen LogP contribution in [0.2, 0.25) is 0 Å². The number of aliphatic hydroxyl groups excluding tert-OH is 1. The minimum absolute atomic E-state index is 0.0380. The quantitative estimate of drug-likeness (QED) is 0.492. The normalized spacial score (nSPS) is 41.9. The molecular weight excluding hydrogens is 455 g/mol. The third-order valence-corrected chi connectivity index (χ3v) is 7.86. The fourth-order valence-corrected chi connectivity index (χ4v) is 6.33. The zero-order valence-electron chi connectivity index (χ0n) is 18.0. The van der Waals surface area contributed by atoms with Crippen LogP contribution in [0.4, 0.5) is 0 Å². The molecule has 5 atom stereocenters. The first-order chi connectivity index (χ1) is 13.9. The summed E-state index contributed by atoms with van der Waals surface area (Å²) >= 11 is 14.4. The van der Waals surface area contributed by atoms with Gasteiger partial charge in [-0.25, -0.2) is 0 Å². The molecule has 3 N–H and O–H groups in total. The average Bonchev–Trinajstić information content (AvgIpc) is 3.10. The van der Waals surface area contributed by atoms with Gasteiger partial charge in [-0.2, -0.15) is 0 Å². The largest absolute Gasteiger partial charge is 0.393 e. The van der Waals surface area contributed by atoms with E-state index < -0.39 is 32.7 Å². The Hall–Kier alpha value is 0.140. The van der Waals surface area contributed by atoms with Crippen LogP contribution in [0.3, 0.4) is 0 Å². The highest BCUT2D eigenvalue weighted by molar-refractivity contribution is 6.63. The van der Waals surface area contributed by atoms with Gasteiger partial charge in [0.1, 0.15) is 11.1 Å². The highest BCUT2D eigenvalue weighted by Gasteiger charge is 2.76. The van der Waals surface area contributed by atoms with E-state index in [1.807, 2.05) is 25.7 Å². The van der Waals surface area contributed by atoms with Crippen LogP contribution in [0.5, 0.6) is 0 Å². The maximum Gasteiger partial charge on any atom is 0.246 e. The molecule has 10 heteroatoms. The zero-order chi connectivity index (χ0) is 22.5. The lowest BCUT2D eigenvalue weighted by molar-refractivity contribution is -0.330. The standard InChI is InChI=1S/C19H32N2O5.CHCl3/c1-12-9-14(22)10-13-11-18(24)16(2,3)19(25-7-8-26-19)6-5-17(18,20-4)15(23)21(12)13;2-1(3)4/h12-14,20,22,24H,5-11H2,1-4H3;1H/t12-,13+,14+,17+,18-;/m1./s1. The van der Waals surface area contributed by atoms with Crippen molar-refractivity contribution in [2.24, 2.45) is 5.41 Å². The second-order valence-corrected chi connectivity index (χ2v) is 11.4. The third-order valence-electron chi connectivity index (χ3n) is 7.86. The Morgan fingerprint density at radius 1 is 1.17 bits per heavy atom. The topological polar surface area (TPSA) is 91.3 Å². The van der Waals surface area contributed by atoms with E-state index in [4.69, 9.17) is 44.3 Å². The molecule has 4 rings (SSSR count). The summed E-state index contributed by atoms with van der Waals surface area (Å²) in [7, 11) is 1.76. The molecule has 174 valence electrons. The number of carbonyl (C=O) groups is 1. The van der Waals surface area contributed by atoms with Crippen molar-refractivity contribution in [2.75, 3.05) is 20.3 Å². The first-order valence-electron chi connectivity index (χ1n) is 10.5. The smallest absolute Gasteiger partial charge is 0.246 e. The van der Waals surface area contributed by atoms with E-state index in [0.29, 0.717) is 45.3 Å². The summed E-state index contributed by atoms with van der Waals surface area (Å²) < 4.78 is 11.3. The Kier molecular flexibility index (Phi) is 7.01. The maximum atomic E-state index is 13.7. The SMILES string of the molecule is CN[C@]12CCC3(OCCO3)C(C)(C)[C@]1(O)C[C@@H]1C[C@@H](O)C[C@@H](C)N1C2=O.ClC(Cl)Cl. The molecule has 0 radical (unpaired) electrons. The van der Waals surface area contributed by atoms with Gasteiger partial charge in [-0.1, -0.05) is 48.7 Å². The number of piperidine rings is 2. The molecule has 1 aliphatic carbocycles. The predicted octanol–water partition coefficient (Wildman–Crippen LogP) is 2.37. The molecule has 1 spiro atoms. The molecular formula is C20H33Cl3N2O5. The number of nitrogens with one attached hydrogen (secondary N) is 1. The second kappa shape index (κ2) is 8.49. The third kappa shape index (κ3) is 3.48. The molecule has 3 heterocycles. The summed E-state index contributed by atoms with van der Waals surface area (Å²) in [6, 6.07) is -0.215. The molecule has 7 nitrogen and oxygen atoms in total. The second-order valence-electron chi connectivity index (χ2n) is 9.38. The van der Waals surface area contributed by atoms with Gasteiger partial charge in [0.25, 0.3) is 0 Å². The lowest BCUT2D eigenvalue weighted by atomic mass is 9.49. The number of hydrogen-bond acceptors (Lipinski definition) is 6. The number of hydrogen-bond donors (Lipinski definition) is 3. The summed E-state index contributed by atoms with van der Waals surface area (Å²) in [5, 5.41) is 25.6. The van der Waals surface area contributed by atoms with E-state index in [-0.39, 0.29) is 18.0 Å². The summed E-state index contributed by atoms with van der Waals surface area (Å²) in [6.07, 6.45) is 2.07. The molecule has 0 aromatic heterocycles. The highest BCUT2D eigenvalue weighted by Crippen LogP contribution is 2.61. The number of carbonyl (C=O) groups excluding carboxylic acids is 1. The summed E-state index contributed by atoms with van der Waals surface area (Å²) in [4.78, 5) is 15.6. The number of amides is 1. The summed E-state index contributed by atoms with van der Waals surface area (Å²) in [5.41, 5.74) is -3.19. The number of alkyl halides is 3. The van der Waals surface area contributed by atoms with E-state index in [1.54, 1.807) is 7.05 Å². The first-order valence-corrected chi connectivity index (χ1v) is 11.8. The van der Waals surface area contributed by atoms with Crippen LogP contribution < -0.4 is 5.32 Å². The Bertz CT molecular complexity index is 658. The van der Waals surface area contributed by atoms with E-state index >= 15 is 0 Å². The van der Waals surface area contributed by atoms with Crippen molar-refractivity contribution in [1.29, 1.82) is 0 Å². The van der Waals surface area contributed by atoms with Crippen LogP contribution in [0.1, 0.15) is 52.9 Å². The van der Waals surface area contributed by atoms with Crippen molar-refractivity contribution in [3.63, 3.8) is 0 Å². The van der Waals surface area contributed by atoms with E-state index in [1.165, 1.54) is 0 Å². The number of fused-ring (bicyclic) bond motifs is 2. The molecule has 4 fully saturated rings. The van der Waals surface area contributed by atoms with Gasteiger partial charge >= 0.3 is 0 Å². The van der Waals surface area contributed by atoms with Crippen LogP contribution in [0.15, 0.2) is 0 Å². The van der Waals surface area contributed by atoms with Gasteiger partial charge in [-0.15, -0.1) is 0 Å².